The molecular weight excluding hydrogens is 428 g/mol. The maximum Gasteiger partial charge on any atom is 0.241 e. The number of amides is 1. The zero-order valence-electron chi connectivity index (χ0n) is 9.97. The average molecular weight is 443 g/mol. The van der Waals surface area contributed by atoms with E-state index in [9.17, 15) is 4.79 Å². The summed E-state index contributed by atoms with van der Waals surface area (Å²) in [6.07, 6.45) is 2.69. The van der Waals surface area contributed by atoms with Crippen molar-refractivity contribution in [1.29, 1.82) is 0 Å². The maximum absolute atomic E-state index is 11.9. The van der Waals surface area contributed by atoms with Crippen LogP contribution in [0, 0.1) is 0 Å². The Balaban J connectivity index is 2.76. The van der Waals surface area contributed by atoms with Crippen molar-refractivity contribution in [2.24, 2.45) is 5.73 Å². The zero-order valence-corrected chi connectivity index (χ0v) is 14.7. The SMILES string of the molecule is CCCCC(N)C(=O)Nc1c(Br)cc(Br)cc1Br. The Morgan fingerprint density at radius 1 is 1.33 bits per heavy atom. The van der Waals surface area contributed by atoms with Gasteiger partial charge in [0.05, 0.1) is 11.7 Å². The molecule has 0 aliphatic rings. The van der Waals surface area contributed by atoms with Gasteiger partial charge in [0, 0.05) is 13.4 Å². The number of halogens is 3. The Labute approximate surface area is 132 Å². The molecule has 1 aromatic carbocycles. The fourth-order valence-electron chi connectivity index (χ4n) is 1.43. The van der Waals surface area contributed by atoms with Crippen LogP contribution in [0.1, 0.15) is 26.2 Å². The van der Waals surface area contributed by atoms with E-state index in [0.717, 1.165) is 26.3 Å². The van der Waals surface area contributed by atoms with Gasteiger partial charge in [0.2, 0.25) is 5.91 Å². The minimum absolute atomic E-state index is 0.160. The van der Waals surface area contributed by atoms with Gasteiger partial charge >= 0.3 is 0 Å². The first-order valence-electron chi connectivity index (χ1n) is 5.66. The molecule has 6 heteroatoms. The van der Waals surface area contributed by atoms with Crippen molar-refractivity contribution < 1.29 is 4.79 Å². The van der Waals surface area contributed by atoms with Gasteiger partial charge in [-0.05, 0) is 50.4 Å². The molecule has 1 rings (SSSR count). The number of hydrogen-bond acceptors (Lipinski definition) is 2. The number of benzene rings is 1. The van der Waals surface area contributed by atoms with Crippen molar-refractivity contribution >= 4 is 59.4 Å². The van der Waals surface area contributed by atoms with Gasteiger partial charge in [-0.3, -0.25) is 4.79 Å². The predicted octanol–water partition coefficient (Wildman–Crippen LogP) is 4.43. The van der Waals surface area contributed by atoms with Crippen molar-refractivity contribution in [3.8, 4) is 0 Å². The number of nitrogens with two attached hydrogens (primary N) is 1. The number of carbonyl (C=O) groups is 1. The van der Waals surface area contributed by atoms with E-state index in [4.69, 9.17) is 5.73 Å². The van der Waals surface area contributed by atoms with Gasteiger partial charge in [-0.2, -0.15) is 0 Å². The standard InChI is InChI=1S/C12H15Br3N2O/c1-2-3-4-10(16)12(18)17-11-8(14)5-7(13)6-9(11)15/h5-6,10H,2-4,16H2,1H3,(H,17,18). The van der Waals surface area contributed by atoms with Gasteiger partial charge in [-0.15, -0.1) is 0 Å². The normalized spacial score (nSPS) is 12.3. The second-order valence-corrected chi connectivity index (χ2v) is 6.61. The molecule has 18 heavy (non-hydrogen) atoms. The van der Waals surface area contributed by atoms with Crippen molar-refractivity contribution in [2.45, 2.75) is 32.2 Å². The Bertz CT molecular complexity index is 414. The van der Waals surface area contributed by atoms with E-state index in [1.54, 1.807) is 0 Å². The van der Waals surface area contributed by atoms with Crippen LogP contribution in [-0.4, -0.2) is 11.9 Å². The summed E-state index contributed by atoms with van der Waals surface area (Å²) in [7, 11) is 0. The third-order valence-corrected chi connectivity index (χ3v) is 4.17. The molecule has 1 aromatic rings. The molecule has 0 radical (unpaired) electrons. The Kier molecular flexibility index (Phi) is 6.84. The topological polar surface area (TPSA) is 55.1 Å². The smallest absolute Gasteiger partial charge is 0.241 e. The number of unbranched alkanes of at least 4 members (excludes halogenated alkanes) is 1. The van der Waals surface area contributed by atoms with E-state index in [1.807, 2.05) is 12.1 Å². The summed E-state index contributed by atoms with van der Waals surface area (Å²) < 4.78 is 2.54. The van der Waals surface area contributed by atoms with Gasteiger partial charge in [0.25, 0.3) is 0 Å². The van der Waals surface area contributed by atoms with Gasteiger partial charge in [-0.1, -0.05) is 35.7 Å². The molecule has 3 N–H and O–H groups in total. The third kappa shape index (κ3) is 4.64. The maximum atomic E-state index is 11.9. The monoisotopic (exact) mass is 440 g/mol. The van der Waals surface area contributed by atoms with Crippen molar-refractivity contribution in [3.05, 3.63) is 25.6 Å². The second kappa shape index (κ2) is 7.62. The highest BCUT2D eigenvalue weighted by Crippen LogP contribution is 2.34. The molecule has 0 aliphatic heterocycles. The van der Waals surface area contributed by atoms with E-state index in [2.05, 4.69) is 60.0 Å². The van der Waals surface area contributed by atoms with Gasteiger partial charge in [0.15, 0.2) is 0 Å². The van der Waals surface area contributed by atoms with E-state index in [-0.39, 0.29) is 5.91 Å². The van der Waals surface area contributed by atoms with Gasteiger partial charge in [0.1, 0.15) is 0 Å². The summed E-state index contributed by atoms with van der Waals surface area (Å²) in [5, 5.41) is 2.84. The molecule has 0 aromatic heterocycles. The summed E-state index contributed by atoms with van der Waals surface area (Å²) >= 11 is 10.2. The molecule has 3 nitrogen and oxygen atoms in total. The molecule has 1 unspecified atom stereocenters. The van der Waals surface area contributed by atoms with Crippen LogP contribution in [0.4, 0.5) is 5.69 Å². The van der Waals surface area contributed by atoms with E-state index >= 15 is 0 Å². The lowest BCUT2D eigenvalue weighted by Gasteiger charge is -2.14. The Hall–Kier alpha value is 0.0900. The molecular formula is C12H15Br3N2O. The molecule has 0 saturated heterocycles. The fourth-order valence-corrected chi connectivity index (χ4v) is 3.89. The zero-order chi connectivity index (χ0) is 13.7. The first-order valence-corrected chi connectivity index (χ1v) is 8.04. The quantitative estimate of drug-likeness (QED) is 0.708. The Morgan fingerprint density at radius 2 is 1.89 bits per heavy atom. The average Bonchev–Trinajstić information content (AvgIpc) is 2.30. The molecule has 0 spiro atoms. The van der Waals surface area contributed by atoms with Crippen LogP contribution in [0.3, 0.4) is 0 Å². The molecule has 0 aliphatic carbocycles. The molecule has 0 fully saturated rings. The lowest BCUT2D eigenvalue weighted by molar-refractivity contribution is -0.117. The second-order valence-electron chi connectivity index (χ2n) is 3.98. The molecule has 0 heterocycles. The highest BCUT2D eigenvalue weighted by molar-refractivity contribution is 9.11. The van der Waals surface area contributed by atoms with E-state index in [0.29, 0.717) is 12.1 Å². The summed E-state index contributed by atoms with van der Waals surface area (Å²) in [5.74, 6) is -0.160. The molecule has 0 saturated carbocycles. The molecule has 1 amide bonds. The molecule has 0 bridgehead atoms. The predicted molar refractivity (Wildman–Crippen MR) is 85.7 cm³/mol. The highest BCUT2D eigenvalue weighted by atomic mass is 79.9. The van der Waals surface area contributed by atoms with Crippen molar-refractivity contribution in [2.75, 3.05) is 5.32 Å². The van der Waals surface area contributed by atoms with Crippen LogP contribution in [0.2, 0.25) is 0 Å². The van der Waals surface area contributed by atoms with Crippen LogP contribution in [0.25, 0.3) is 0 Å². The first-order chi connectivity index (χ1) is 8.45. The largest absolute Gasteiger partial charge is 0.323 e. The lowest BCUT2D eigenvalue weighted by Crippen LogP contribution is -2.35. The van der Waals surface area contributed by atoms with Crippen LogP contribution >= 0.6 is 47.8 Å². The molecule has 1 atom stereocenters. The summed E-state index contributed by atoms with van der Waals surface area (Å²) in [6, 6.07) is 3.28. The van der Waals surface area contributed by atoms with Gasteiger partial charge < -0.3 is 11.1 Å². The van der Waals surface area contributed by atoms with Crippen molar-refractivity contribution in [1.82, 2.24) is 0 Å². The minimum Gasteiger partial charge on any atom is -0.323 e. The van der Waals surface area contributed by atoms with Crippen LogP contribution < -0.4 is 11.1 Å². The van der Waals surface area contributed by atoms with Crippen molar-refractivity contribution in [3.63, 3.8) is 0 Å². The number of anilines is 1. The fraction of sp³-hybridized carbons (Fsp3) is 0.417. The number of hydrogen-bond donors (Lipinski definition) is 2. The summed E-state index contributed by atoms with van der Waals surface area (Å²) in [5.41, 5.74) is 6.53. The van der Waals surface area contributed by atoms with E-state index < -0.39 is 6.04 Å². The Morgan fingerprint density at radius 3 is 2.39 bits per heavy atom. The first kappa shape index (κ1) is 16.1. The van der Waals surface area contributed by atoms with Crippen LogP contribution in [0.5, 0.6) is 0 Å². The number of carbonyl (C=O) groups excluding carboxylic acids is 1. The highest BCUT2D eigenvalue weighted by Gasteiger charge is 2.16. The van der Waals surface area contributed by atoms with Crippen LogP contribution in [0.15, 0.2) is 25.6 Å². The lowest BCUT2D eigenvalue weighted by atomic mass is 10.1. The summed E-state index contributed by atoms with van der Waals surface area (Å²) in [4.78, 5) is 11.9. The molecule has 100 valence electrons. The van der Waals surface area contributed by atoms with Crippen LogP contribution in [-0.2, 0) is 4.79 Å². The summed E-state index contributed by atoms with van der Waals surface area (Å²) in [6.45, 7) is 2.08. The third-order valence-electron chi connectivity index (χ3n) is 2.46. The van der Waals surface area contributed by atoms with Gasteiger partial charge in [-0.25, -0.2) is 0 Å². The number of rotatable bonds is 5. The number of nitrogens with one attached hydrogen (secondary N) is 1. The van der Waals surface area contributed by atoms with E-state index in [1.165, 1.54) is 0 Å². The minimum atomic E-state index is -0.465.